The molecule has 0 spiro atoms. The zero-order valence-corrected chi connectivity index (χ0v) is 18.6. The molecular weight excluding hydrogens is 288 g/mol. The van der Waals surface area contributed by atoms with Crippen LogP contribution in [0.1, 0.15) is 126 Å². The van der Waals surface area contributed by atoms with Gasteiger partial charge >= 0.3 is 0 Å². The minimum atomic E-state index is 0.548. The van der Waals surface area contributed by atoms with Crippen LogP contribution in [0.5, 0.6) is 0 Å². The van der Waals surface area contributed by atoms with Crippen LogP contribution < -0.4 is 0 Å². The summed E-state index contributed by atoms with van der Waals surface area (Å²) in [4.78, 5) is 0. The van der Waals surface area contributed by atoms with Crippen molar-refractivity contribution in [2.45, 2.75) is 126 Å². The van der Waals surface area contributed by atoms with E-state index in [1.54, 1.807) is 0 Å². The Balaban J connectivity index is 5.52. The second-order valence-corrected chi connectivity index (χ2v) is 8.86. The molecule has 0 saturated heterocycles. The van der Waals surface area contributed by atoms with Crippen molar-refractivity contribution in [3.63, 3.8) is 0 Å². The third-order valence-corrected chi connectivity index (χ3v) is 7.21. The van der Waals surface area contributed by atoms with E-state index in [4.69, 9.17) is 0 Å². The molecule has 4 atom stereocenters. The molecule has 0 nitrogen and oxygen atoms in total. The van der Waals surface area contributed by atoms with Gasteiger partial charge in [-0.1, -0.05) is 120 Å². The zero-order valence-electron chi connectivity index (χ0n) is 18.6. The van der Waals surface area contributed by atoms with Gasteiger partial charge in [-0.2, -0.15) is 0 Å². The molecule has 0 heteroatoms. The highest BCUT2D eigenvalue weighted by Gasteiger charge is 2.45. The van der Waals surface area contributed by atoms with Crippen molar-refractivity contribution in [3.05, 3.63) is 0 Å². The molecule has 24 heavy (non-hydrogen) atoms. The molecule has 0 bridgehead atoms. The molecule has 0 saturated carbocycles. The minimum absolute atomic E-state index is 0.548. The first-order valence-electron chi connectivity index (χ1n) is 11.4. The van der Waals surface area contributed by atoms with Gasteiger partial charge in [0, 0.05) is 0 Å². The standard InChI is InChI=1S/C24H50/c1-9-13-16-20(5)23(8)24(19-12-4,21(6)17-14-10-2)22(7)18-15-11-3/h20-23H,9-19H2,1-8H3. The summed E-state index contributed by atoms with van der Waals surface area (Å²) in [5.41, 5.74) is 0.548. The lowest BCUT2D eigenvalue weighted by Crippen LogP contribution is -2.44. The van der Waals surface area contributed by atoms with E-state index in [0.29, 0.717) is 5.41 Å². The molecule has 0 aliphatic carbocycles. The van der Waals surface area contributed by atoms with Crippen LogP contribution in [0.25, 0.3) is 0 Å². The predicted molar refractivity (Wildman–Crippen MR) is 113 cm³/mol. The van der Waals surface area contributed by atoms with Crippen LogP contribution in [0, 0.1) is 29.1 Å². The highest BCUT2D eigenvalue weighted by Crippen LogP contribution is 2.53. The van der Waals surface area contributed by atoms with Crippen LogP contribution in [-0.2, 0) is 0 Å². The summed E-state index contributed by atoms with van der Waals surface area (Å²) < 4.78 is 0. The lowest BCUT2D eigenvalue weighted by Gasteiger charge is -2.51. The van der Waals surface area contributed by atoms with E-state index in [9.17, 15) is 0 Å². The molecule has 0 aromatic carbocycles. The van der Waals surface area contributed by atoms with Gasteiger partial charge in [0.1, 0.15) is 0 Å². The number of hydrogen-bond donors (Lipinski definition) is 0. The molecule has 0 amide bonds. The molecular formula is C24H50. The molecule has 146 valence electrons. The highest BCUT2D eigenvalue weighted by molar-refractivity contribution is 4.94. The third-order valence-electron chi connectivity index (χ3n) is 7.21. The highest BCUT2D eigenvalue weighted by atomic mass is 14.5. The molecule has 0 aliphatic heterocycles. The topological polar surface area (TPSA) is 0 Å². The van der Waals surface area contributed by atoms with Crippen LogP contribution in [-0.4, -0.2) is 0 Å². The lowest BCUT2D eigenvalue weighted by atomic mass is 9.54. The fourth-order valence-corrected chi connectivity index (χ4v) is 5.40. The smallest absolute Gasteiger partial charge is 0.0218 e. The Morgan fingerprint density at radius 2 is 1.00 bits per heavy atom. The Morgan fingerprint density at radius 1 is 0.583 bits per heavy atom. The maximum atomic E-state index is 2.61. The van der Waals surface area contributed by atoms with Crippen LogP contribution >= 0.6 is 0 Å². The van der Waals surface area contributed by atoms with E-state index < -0.39 is 0 Å². The van der Waals surface area contributed by atoms with Crippen LogP contribution in [0.15, 0.2) is 0 Å². The molecule has 0 N–H and O–H groups in total. The maximum absolute atomic E-state index is 2.61. The number of hydrogen-bond acceptors (Lipinski definition) is 0. The number of rotatable bonds is 15. The summed E-state index contributed by atoms with van der Waals surface area (Å²) in [7, 11) is 0. The first-order valence-corrected chi connectivity index (χ1v) is 11.4. The Bertz CT molecular complexity index is 266. The minimum Gasteiger partial charge on any atom is -0.0654 e. The van der Waals surface area contributed by atoms with E-state index >= 15 is 0 Å². The molecule has 0 rings (SSSR count). The van der Waals surface area contributed by atoms with Crippen molar-refractivity contribution in [1.29, 1.82) is 0 Å². The van der Waals surface area contributed by atoms with Gasteiger partial charge in [0.25, 0.3) is 0 Å². The van der Waals surface area contributed by atoms with E-state index in [-0.39, 0.29) is 0 Å². The van der Waals surface area contributed by atoms with Gasteiger partial charge in [-0.25, -0.2) is 0 Å². The molecule has 0 heterocycles. The summed E-state index contributed by atoms with van der Waals surface area (Å²) in [5.74, 6) is 3.44. The van der Waals surface area contributed by atoms with Crippen molar-refractivity contribution >= 4 is 0 Å². The fourth-order valence-electron chi connectivity index (χ4n) is 5.40. The fraction of sp³-hybridized carbons (Fsp3) is 1.00. The van der Waals surface area contributed by atoms with Crippen molar-refractivity contribution < 1.29 is 0 Å². The van der Waals surface area contributed by atoms with E-state index in [0.717, 1.165) is 23.7 Å². The van der Waals surface area contributed by atoms with Gasteiger partial charge < -0.3 is 0 Å². The zero-order chi connectivity index (χ0) is 18.6. The first-order chi connectivity index (χ1) is 11.4. The third kappa shape index (κ3) is 6.72. The molecule has 0 fully saturated rings. The average Bonchev–Trinajstić information content (AvgIpc) is 2.59. The Morgan fingerprint density at radius 3 is 1.38 bits per heavy atom. The lowest BCUT2D eigenvalue weighted by molar-refractivity contribution is -0.0236. The van der Waals surface area contributed by atoms with Crippen molar-refractivity contribution in [1.82, 2.24) is 0 Å². The number of unbranched alkanes of at least 4 members (excludes halogenated alkanes) is 3. The SMILES string of the molecule is CCCCC(C)C(C)C(CCC)(C(C)CCCC)C(C)CCCC. The van der Waals surface area contributed by atoms with Gasteiger partial charge in [-0.05, 0) is 35.5 Å². The maximum Gasteiger partial charge on any atom is -0.0218 e. The molecule has 4 unspecified atom stereocenters. The summed E-state index contributed by atoms with van der Waals surface area (Å²) in [6, 6.07) is 0. The van der Waals surface area contributed by atoms with Crippen molar-refractivity contribution in [3.8, 4) is 0 Å². The van der Waals surface area contributed by atoms with E-state index in [1.807, 2.05) is 0 Å². The van der Waals surface area contributed by atoms with Gasteiger partial charge in [-0.3, -0.25) is 0 Å². The van der Waals surface area contributed by atoms with E-state index in [2.05, 4.69) is 55.4 Å². The summed E-state index contributed by atoms with van der Waals surface area (Å²) in [5, 5.41) is 0. The molecule has 0 aromatic rings. The van der Waals surface area contributed by atoms with Gasteiger partial charge in [-0.15, -0.1) is 0 Å². The molecule has 0 aromatic heterocycles. The Kier molecular flexibility index (Phi) is 13.2. The van der Waals surface area contributed by atoms with Crippen LogP contribution in [0.3, 0.4) is 0 Å². The first kappa shape index (κ1) is 24.0. The molecule has 0 aliphatic rings. The second-order valence-electron chi connectivity index (χ2n) is 8.86. The average molecular weight is 339 g/mol. The summed E-state index contributed by atoms with van der Waals surface area (Å²) in [6.45, 7) is 19.8. The summed E-state index contributed by atoms with van der Waals surface area (Å²) in [6.07, 6.45) is 15.3. The van der Waals surface area contributed by atoms with Gasteiger partial charge in [0.15, 0.2) is 0 Å². The van der Waals surface area contributed by atoms with E-state index in [1.165, 1.54) is 70.6 Å². The van der Waals surface area contributed by atoms with Crippen LogP contribution in [0.2, 0.25) is 0 Å². The quantitative estimate of drug-likeness (QED) is 0.279. The van der Waals surface area contributed by atoms with Gasteiger partial charge in [0.05, 0.1) is 0 Å². The normalized spacial score (nSPS) is 19.5. The predicted octanol–water partition coefficient (Wildman–Crippen LogP) is 8.89. The largest absolute Gasteiger partial charge is 0.0654 e. The summed E-state index contributed by atoms with van der Waals surface area (Å²) >= 11 is 0. The van der Waals surface area contributed by atoms with Gasteiger partial charge in [0.2, 0.25) is 0 Å². The van der Waals surface area contributed by atoms with Crippen LogP contribution in [0.4, 0.5) is 0 Å². The molecule has 0 radical (unpaired) electrons. The Labute approximate surface area is 155 Å². The monoisotopic (exact) mass is 338 g/mol. The second kappa shape index (κ2) is 13.2. The Hall–Kier alpha value is 0. The van der Waals surface area contributed by atoms with Crippen molar-refractivity contribution in [2.75, 3.05) is 0 Å². The van der Waals surface area contributed by atoms with Crippen molar-refractivity contribution in [2.24, 2.45) is 29.1 Å².